The van der Waals surface area contributed by atoms with Crippen molar-refractivity contribution >= 4 is 5.97 Å². The van der Waals surface area contributed by atoms with Gasteiger partial charge in [0, 0.05) is 0 Å². The van der Waals surface area contributed by atoms with Gasteiger partial charge in [0.2, 0.25) is 0 Å². The first-order chi connectivity index (χ1) is 9.37. The Morgan fingerprint density at radius 2 is 2.00 bits per heavy atom. The van der Waals surface area contributed by atoms with Gasteiger partial charge in [0.15, 0.2) is 0 Å². The molecule has 1 aromatic rings. The van der Waals surface area contributed by atoms with Gasteiger partial charge in [-0.1, -0.05) is 18.2 Å². The van der Waals surface area contributed by atoms with Crippen molar-refractivity contribution in [2.75, 3.05) is 0 Å². The van der Waals surface area contributed by atoms with Crippen LogP contribution in [0.15, 0.2) is 18.2 Å². The fourth-order valence-electron chi connectivity index (χ4n) is 2.75. The second-order valence-electron chi connectivity index (χ2n) is 6.61. The lowest BCUT2D eigenvalue weighted by Crippen LogP contribution is -2.39. The summed E-state index contributed by atoms with van der Waals surface area (Å²) in [6, 6.07) is 5.77. The molecule has 0 heterocycles. The van der Waals surface area contributed by atoms with Crippen LogP contribution in [0.2, 0.25) is 0 Å². The summed E-state index contributed by atoms with van der Waals surface area (Å²) >= 11 is 0. The van der Waals surface area contributed by atoms with Gasteiger partial charge in [-0.15, -0.1) is 0 Å². The molecule has 1 unspecified atom stereocenters. The summed E-state index contributed by atoms with van der Waals surface area (Å²) in [5.74, 6) is -0.314. The predicted molar refractivity (Wildman–Crippen MR) is 80.6 cm³/mol. The van der Waals surface area contributed by atoms with Gasteiger partial charge in [-0.25, -0.2) is 0 Å². The Morgan fingerprint density at radius 3 is 2.70 bits per heavy atom. The van der Waals surface area contributed by atoms with E-state index in [9.17, 15) is 4.79 Å². The molecule has 0 aromatic heterocycles. The Labute approximate surface area is 121 Å². The smallest absolute Gasteiger partial charge is 0.323 e. The number of aryl methyl sites for hydroxylation is 1. The van der Waals surface area contributed by atoms with Crippen LogP contribution in [0, 0.1) is 0 Å². The second-order valence-corrected chi connectivity index (χ2v) is 6.61. The molecule has 0 bridgehead atoms. The summed E-state index contributed by atoms with van der Waals surface area (Å²) in [6.07, 6.45) is 5.30. The molecule has 3 heteroatoms. The Bertz CT molecular complexity index is 488. The van der Waals surface area contributed by atoms with Crippen LogP contribution in [0.4, 0.5) is 0 Å². The minimum atomic E-state index is -0.581. The number of fused-ring (bicyclic) bond motifs is 1. The fourth-order valence-corrected chi connectivity index (χ4v) is 2.75. The quantitative estimate of drug-likeness (QED) is 0.863. The van der Waals surface area contributed by atoms with Crippen molar-refractivity contribution < 1.29 is 9.53 Å². The number of esters is 1. The molecule has 1 atom stereocenters. The highest BCUT2D eigenvalue weighted by atomic mass is 16.6. The fraction of sp³-hybridized carbons (Fsp3) is 0.588. The molecule has 110 valence electrons. The minimum Gasteiger partial charge on any atom is -0.459 e. The highest BCUT2D eigenvalue weighted by Crippen LogP contribution is 2.25. The third-order valence-electron chi connectivity index (χ3n) is 3.64. The van der Waals surface area contributed by atoms with Crippen LogP contribution >= 0.6 is 0 Å². The standard InChI is InChI=1S/C17H25NO2/c1-17(2,3)20-16(19)15(18)11-13-9-6-8-12-7-4-5-10-14(12)13/h6,8-9,15H,4-5,7,10-11,18H2,1-3H3. The molecule has 1 aromatic carbocycles. The van der Waals surface area contributed by atoms with E-state index in [0.717, 1.165) is 12.8 Å². The normalized spacial score (nSPS) is 16.4. The summed E-state index contributed by atoms with van der Waals surface area (Å²) < 4.78 is 5.35. The first-order valence-electron chi connectivity index (χ1n) is 7.45. The Hall–Kier alpha value is -1.35. The SMILES string of the molecule is CC(C)(C)OC(=O)C(N)Cc1cccc2c1CCCC2. The summed E-state index contributed by atoms with van der Waals surface area (Å²) in [4.78, 5) is 12.0. The Balaban J connectivity index is 2.08. The lowest BCUT2D eigenvalue weighted by molar-refractivity contribution is -0.156. The molecule has 0 saturated carbocycles. The van der Waals surface area contributed by atoms with Crippen molar-refractivity contribution in [2.45, 2.75) is 64.5 Å². The second kappa shape index (κ2) is 5.96. The third kappa shape index (κ3) is 3.83. The number of ether oxygens (including phenoxy) is 1. The maximum absolute atomic E-state index is 12.0. The largest absolute Gasteiger partial charge is 0.459 e. The zero-order valence-corrected chi connectivity index (χ0v) is 12.7. The lowest BCUT2D eigenvalue weighted by Gasteiger charge is -2.24. The molecule has 0 saturated heterocycles. The summed E-state index contributed by atoms with van der Waals surface area (Å²) in [6.45, 7) is 5.59. The van der Waals surface area contributed by atoms with Gasteiger partial charge in [0.05, 0.1) is 0 Å². The zero-order chi connectivity index (χ0) is 14.8. The molecular formula is C17H25NO2. The summed E-state index contributed by atoms with van der Waals surface area (Å²) in [5, 5.41) is 0. The zero-order valence-electron chi connectivity index (χ0n) is 12.7. The molecule has 1 aliphatic carbocycles. The first kappa shape index (κ1) is 15.0. The van der Waals surface area contributed by atoms with E-state index < -0.39 is 11.6 Å². The number of carbonyl (C=O) groups excluding carboxylic acids is 1. The number of benzene rings is 1. The number of nitrogens with two attached hydrogens (primary N) is 1. The predicted octanol–water partition coefficient (Wildman–Crippen LogP) is 2.78. The molecular weight excluding hydrogens is 250 g/mol. The van der Waals surface area contributed by atoms with Crippen molar-refractivity contribution in [3.05, 3.63) is 34.9 Å². The highest BCUT2D eigenvalue weighted by Gasteiger charge is 2.23. The molecule has 2 N–H and O–H groups in total. The van der Waals surface area contributed by atoms with E-state index in [4.69, 9.17) is 10.5 Å². The van der Waals surface area contributed by atoms with Gasteiger partial charge in [-0.2, -0.15) is 0 Å². The maximum Gasteiger partial charge on any atom is 0.323 e. The number of hydrogen-bond acceptors (Lipinski definition) is 3. The van der Waals surface area contributed by atoms with Gasteiger partial charge in [-0.3, -0.25) is 4.79 Å². The average molecular weight is 275 g/mol. The van der Waals surface area contributed by atoms with Crippen LogP contribution in [0.5, 0.6) is 0 Å². The highest BCUT2D eigenvalue weighted by molar-refractivity contribution is 5.76. The van der Waals surface area contributed by atoms with Crippen LogP contribution in [0.3, 0.4) is 0 Å². The van der Waals surface area contributed by atoms with Crippen LogP contribution < -0.4 is 5.73 Å². The van der Waals surface area contributed by atoms with Gasteiger partial charge < -0.3 is 10.5 Å². The van der Waals surface area contributed by atoms with Crippen molar-refractivity contribution in [1.29, 1.82) is 0 Å². The third-order valence-corrected chi connectivity index (χ3v) is 3.64. The molecule has 0 spiro atoms. The van der Waals surface area contributed by atoms with Crippen molar-refractivity contribution in [2.24, 2.45) is 5.73 Å². The molecule has 0 fully saturated rings. The van der Waals surface area contributed by atoms with Crippen molar-refractivity contribution in [3.8, 4) is 0 Å². The van der Waals surface area contributed by atoms with E-state index in [2.05, 4.69) is 18.2 Å². The maximum atomic E-state index is 12.0. The summed E-state index contributed by atoms with van der Waals surface area (Å²) in [7, 11) is 0. The molecule has 20 heavy (non-hydrogen) atoms. The topological polar surface area (TPSA) is 52.3 Å². The number of rotatable bonds is 3. The van der Waals surface area contributed by atoms with E-state index in [1.165, 1.54) is 29.5 Å². The van der Waals surface area contributed by atoms with Crippen LogP contribution in [-0.4, -0.2) is 17.6 Å². The van der Waals surface area contributed by atoms with E-state index >= 15 is 0 Å². The van der Waals surface area contributed by atoms with E-state index in [1.807, 2.05) is 20.8 Å². The Morgan fingerprint density at radius 1 is 1.30 bits per heavy atom. The van der Waals surface area contributed by atoms with Crippen LogP contribution in [0.1, 0.15) is 50.3 Å². The van der Waals surface area contributed by atoms with E-state index in [1.54, 1.807) is 0 Å². The van der Waals surface area contributed by atoms with Gasteiger partial charge >= 0.3 is 5.97 Å². The summed E-state index contributed by atoms with van der Waals surface area (Å²) in [5.41, 5.74) is 9.56. The molecule has 0 radical (unpaired) electrons. The van der Waals surface area contributed by atoms with Crippen molar-refractivity contribution in [3.63, 3.8) is 0 Å². The van der Waals surface area contributed by atoms with Gasteiger partial charge in [0.25, 0.3) is 0 Å². The molecule has 3 nitrogen and oxygen atoms in total. The van der Waals surface area contributed by atoms with Gasteiger partial charge in [-0.05, 0) is 69.6 Å². The van der Waals surface area contributed by atoms with Gasteiger partial charge in [0.1, 0.15) is 11.6 Å². The van der Waals surface area contributed by atoms with Crippen LogP contribution in [-0.2, 0) is 28.8 Å². The molecule has 2 rings (SSSR count). The lowest BCUT2D eigenvalue weighted by atomic mass is 9.86. The number of carbonyl (C=O) groups is 1. The number of hydrogen-bond donors (Lipinski definition) is 1. The molecule has 0 aliphatic heterocycles. The van der Waals surface area contributed by atoms with Crippen molar-refractivity contribution in [1.82, 2.24) is 0 Å². The average Bonchev–Trinajstić information content (AvgIpc) is 2.37. The Kier molecular flexibility index (Phi) is 4.48. The first-order valence-corrected chi connectivity index (χ1v) is 7.45. The van der Waals surface area contributed by atoms with Crippen LogP contribution in [0.25, 0.3) is 0 Å². The van der Waals surface area contributed by atoms with E-state index in [0.29, 0.717) is 6.42 Å². The molecule has 0 amide bonds. The van der Waals surface area contributed by atoms with E-state index in [-0.39, 0.29) is 5.97 Å². The monoisotopic (exact) mass is 275 g/mol. The molecule has 1 aliphatic rings. The minimum absolute atomic E-state index is 0.314.